The van der Waals surface area contributed by atoms with Crippen LogP contribution < -0.4 is 9.80 Å². The predicted octanol–water partition coefficient (Wildman–Crippen LogP) is 3.36. The lowest BCUT2D eigenvalue weighted by atomic mass is 9.77. The van der Waals surface area contributed by atoms with Crippen LogP contribution in [-0.4, -0.2) is 61.3 Å². The molecule has 2 fully saturated rings. The topological polar surface area (TPSA) is 52.6 Å². The lowest BCUT2D eigenvalue weighted by Gasteiger charge is -2.40. The molecule has 2 aromatic rings. The van der Waals surface area contributed by atoms with Gasteiger partial charge in [0.2, 0.25) is 5.91 Å². The van der Waals surface area contributed by atoms with Crippen molar-refractivity contribution in [3.8, 4) is 0 Å². The predicted molar refractivity (Wildman–Crippen MR) is 117 cm³/mol. The normalized spacial score (nSPS) is 18.7. The van der Waals surface area contributed by atoms with Gasteiger partial charge in [-0.2, -0.15) is 0 Å². The Bertz CT molecular complexity index is 839. The van der Waals surface area contributed by atoms with E-state index in [1.165, 1.54) is 0 Å². The molecule has 7 heteroatoms. The number of anilines is 2. The maximum atomic E-state index is 13.6. The van der Waals surface area contributed by atoms with Crippen molar-refractivity contribution in [1.82, 2.24) is 15.1 Å². The smallest absolute Gasteiger partial charge is 0.233 e. The van der Waals surface area contributed by atoms with Crippen molar-refractivity contribution in [3.05, 3.63) is 47.0 Å². The second-order valence-corrected chi connectivity index (χ2v) is 8.66. The van der Waals surface area contributed by atoms with Crippen molar-refractivity contribution in [2.45, 2.75) is 31.1 Å². The third-order valence-corrected chi connectivity index (χ3v) is 6.50. The molecule has 1 amide bonds. The third kappa shape index (κ3) is 3.90. The summed E-state index contributed by atoms with van der Waals surface area (Å²) in [6.07, 6.45) is 4.04. The molecule has 0 radical (unpaired) electrons. The van der Waals surface area contributed by atoms with Gasteiger partial charge in [-0.15, -0.1) is 10.2 Å². The molecule has 0 atom stereocenters. The number of piperazine rings is 1. The van der Waals surface area contributed by atoms with Crippen LogP contribution in [0.2, 0.25) is 5.02 Å². The van der Waals surface area contributed by atoms with Gasteiger partial charge in [-0.3, -0.25) is 4.79 Å². The number of hydrogen-bond donors (Lipinski definition) is 0. The standard InChI is InChI=1S/C22H28ClN5O/c1-26(2)19-9-10-20(25-24-19)27-13-15-28(16-14-27)21(29)22(11-3-4-12-22)17-5-7-18(23)8-6-17/h5-10H,3-4,11-16H2,1-2H3. The van der Waals surface area contributed by atoms with E-state index >= 15 is 0 Å². The van der Waals surface area contributed by atoms with E-state index in [0.29, 0.717) is 18.1 Å². The van der Waals surface area contributed by atoms with Crippen LogP contribution in [0.1, 0.15) is 31.2 Å². The fourth-order valence-electron chi connectivity index (χ4n) is 4.54. The van der Waals surface area contributed by atoms with Gasteiger partial charge >= 0.3 is 0 Å². The summed E-state index contributed by atoms with van der Waals surface area (Å²) in [5, 5.41) is 9.34. The first kappa shape index (κ1) is 20.0. The summed E-state index contributed by atoms with van der Waals surface area (Å²) < 4.78 is 0. The summed E-state index contributed by atoms with van der Waals surface area (Å²) in [6.45, 7) is 2.98. The third-order valence-electron chi connectivity index (χ3n) is 6.25. The van der Waals surface area contributed by atoms with Crippen molar-refractivity contribution in [2.75, 3.05) is 50.1 Å². The zero-order valence-electron chi connectivity index (χ0n) is 17.1. The molecule has 2 heterocycles. The van der Waals surface area contributed by atoms with Crippen LogP contribution >= 0.6 is 11.6 Å². The molecule has 1 saturated carbocycles. The largest absolute Gasteiger partial charge is 0.361 e. The van der Waals surface area contributed by atoms with Gasteiger partial charge in [-0.25, -0.2) is 0 Å². The highest BCUT2D eigenvalue weighted by Crippen LogP contribution is 2.43. The Morgan fingerprint density at radius 2 is 1.62 bits per heavy atom. The molecule has 154 valence electrons. The highest BCUT2D eigenvalue weighted by Gasteiger charge is 2.45. The average Bonchev–Trinajstić information content (AvgIpc) is 3.25. The van der Waals surface area contributed by atoms with Crippen molar-refractivity contribution < 1.29 is 4.79 Å². The van der Waals surface area contributed by atoms with E-state index in [2.05, 4.69) is 15.1 Å². The molecule has 0 unspecified atom stereocenters. The monoisotopic (exact) mass is 413 g/mol. The summed E-state index contributed by atoms with van der Waals surface area (Å²) in [4.78, 5) is 19.8. The van der Waals surface area contributed by atoms with Gasteiger partial charge in [0.25, 0.3) is 0 Å². The van der Waals surface area contributed by atoms with Gasteiger partial charge in [0.05, 0.1) is 5.41 Å². The molecule has 1 aromatic carbocycles. The molecule has 0 spiro atoms. The van der Waals surface area contributed by atoms with Crippen LogP contribution in [0, 0.1) is 0 Å². The number of hydrogen-bond acceptors (Lipinski definition) is 5. The van der Waals surface area contributed by atoms with Crippen molar-refractivity contribution in [1.29, 1.82) is 0 Å². The van der Waals surface area contributed by atoms with E-state index in [0.717, 1.165) is 56.0 Å². The number of nitrogens with zero attached hydrogens (tertiary/aromatic N) is 5. The Balaban J connectivity index is 1.45. The minimum absolute atomic E-state index is 0.269. The first-order chi connectivity index (χ1) is 14.0. The van der Waals surface area contributed by atoms with Gasteiger partial charge < -0.3 is 14.7 Å². The quantitative estimate of drug-likeness (QED) is 0.769. The first-order valence-corrected chi connectivity index (χ1v) is 10.7. The molecular weight excluding hydrogens is 386 g/mol. The van der Waals surface area contributed by atoms with Crippen molar-refractivity contribution in [3.63, 3.8) is 0 Å². The summed E-state index contributed by atoms with van der Waals surface area (Å²) in [6, 6.07) is 11.9. The summed E-state index contributed by atoms with van der Waals surface area (Å²) in [5.74, 6) is 1.98. The number of benzene rings is 1. The van der Waals surface area contributed by atoms with E-state index in [-0.39, 0.29) is 11.3 Å². The molecule has 6 nitrogen and oxygen atoms in total. The molecule has 0 N–H and O–H groups in total. The average molecular weight is 414 g/mol. The lowest BCUT2D eigenvalue weighted by molar-refractivity contribution is -0.137. The Morgan fingerprint density at radius 1 is 0.966 bits per heavy atom. The van der Waals surface area contributed by atoms with E-state index in [1.807, 2.05) is 60.3 Å². The van der Waals surface area contributed by atoms with Gasteiger partial charge in [-0.1, -0.05) is 36.6 Å². The fraction of sp³-hybridized carbons (Fsp3) is 0.500. The van der Waals surface area contributed by atoms with Gasteiger partial charge in [0.15, 0.2) is 11.6 Å². The molecule has 4 rings (SSSR count). The molecule has 1 aromatic heterocycles. The van der Waals surface area contributed by atoms with Gasteiger partial charge in [0.1, 0.15) is 0 Å². The Kier molecular flexibility index (Phi) is 5.63. The number of rotatable bonds is 4. The van der Waals surface area contributed by atoms with E-state index in [1.54, 1.807) is 0 Å². The Hall–Kier alpha value is -2.34. The zero-order chi connectivity index (χ0) is 20.4. The maximum Gasteiger partial charge on any atom is 0.233 e. The summed E-state index contributed by atoms with van der Waals surface area (Å²) in [7, 11) is 3.90. The van der Waals surface area contributed by atoms with Crippen LogP contribution in [0.4, 0.5) is 11.6 Å². The number of aromatic nitrogens is 2. The first-order valence-electron chi connectivity index (χ1n) is 10.3. The molecule has 1 aliphatic heterocycles. The fourth-order valence-corrected chi connectivity index (χ4v) is 4.67. The van der Waals surface area contributed by atoms with Crippen LogP contribution in [0.25, 0.3) is 0 Å². The van der Waals surface area contributed by atoms with E-state index < -0.39 is 0 Å². The van der Waals surface area contributed by atoms with Crippen LogP contribution in [0.5, 0.6) is 0 Å². The molecule has 2 aliphatic rings. The molecule has 29 heavy (non-hydrogen) atoms. The van der Waals surface area contributed by atoms with Crippen LogP contribution in [0.3, 0.4) is 0 Å². The Morgan fingerprint density at radius 3 is 2.17 bits per heavy atom. The number of halogens is 1. The molecule has 1 saturated heterocycles. The molecule has 0 bridgehead atoms. The zero-order valence-corrected chi connectivity index (χ0v) is 17.9. The minimum Gasteiger partial charge on any atom is -0.361 e. The Labute approximate surface area is 177 Å². The van der Waals surface area contributed by atoms with Crippen molar-refractivity contribution >= 4 is 29.1 Å². The highest BCUT2D eigenvalue weighted by atomic mass is 35.5. The van der Waals surface area contributed by atoms with E-state index in [9.17, 15) is 4.79 Å². The van der Waals surface area contributed by atoms with Crippen LogP contribution in [-0.2, 0) is 10.2 Å². The summed E-state index contributed by atoms with van der Waals surface area (Å²) in [5.41, 5.74) is 0.719. The minimum atomic E-state index is -0.389. The number of amides is 1. The van der Waals surface area contributed by atoms with E-state index in [4.69, 9.17) is 11.6 Å². The van der Waals surface area contributed by atoms with Crippen molar-refractivity contribution in [2.24, 2.45) is 0 Å². The summed E-state index contributed by atoms with van der Waals surface area (Å²) >= 11 is 6.08. The lowest BCUT2D eigenvalue weighted by Crippen LogP contribution is -2.54. The second-order valence-electron chi connectivity index (χ2n) is 8.22. The number of carbonyl (C=O) groups excluding carboxylic acids is 1. The molecular formula is C22H28ClN5O. The highest BCUT2D eigenvalue weighted by molar-refractivity contribution is 6.30. The molecule has 1 aliphatic carbocycles. The second kappa shape index (κ2) is 8.19. The maximum absolute atomic E-state index is 13.6. The van der Waals surface area contributed by atoms with Gasteiger partial charge in [-0.05, 0) is 42.7 Å². The number of carbonyl (C=O) groups is 1. The SMILES string of the molecule is CN(C)c1ccc(N2CCN(C(=O)C3(c4ccc(Cl)cc4)CCCC3)CC2)nn1. The van der Waals surface area contributed by atoms with Crippen LogP contribution in [0.15, 0.2) is 36.4 Å². The van der Waals surface area contributed by atoms with Gasteiger partial charge in [0, 0.05) is 45.3 Å².